The lowest BCUT2D eigenvalue weighted by Gasteiger charge is -2.63. The number of thiazole rings is 1. The van der Waals surface area contributed by atoms with Gasteiger partial charge in [-0.15, -0.1) is 11.3 Å². The Morgan fingerprint density at radius 1 is 0.877 bits per heavy atom. The highest BCUT2D eigenvalue weighted by atomic mass is 35.5. The van der Waals surface area contributed by atoms with Crippen LogP contribution in [0.2, 0.25) is 5.02 Å². The Kier molecular flexibility index (Phi) is 17.6. The van der Waals surface area contributed by atoms with Crippen LogP contribution in [0.1, 0.15) is 107 Å². The third-order valence-corrected chi connectivity index (χ3v) is 16.3. The minimum absolute atomic E-state index is 0.0127. The number of ether oxygens (including phenoxy) is 4. The Labute approximate surface area is 438 Å². The maximum Gasteiger partial charge on any atom is 0.251 e. The first-order valence-corrected chi connectivity index (χ1v) is 27.0. The van der Waals surface area contributed by atoms with Gasteiger partial charge < -0.3 is 45.1 Å². The van der Waals surface area contributed by atoms with Gasteiger partial charge in [-0.05, 0) is 99.5 Å². The summed E-state index contributed by atoms with van der Waals surface area (Å²) in [5.41, 5.74) is 3.00. The molecule has 0 spiro atoms. The Hall–Kier alpha value is -5.76. The Bertz CT molecular complexity index is 2740. The molecule has 73 heavy (non-hydrogen) atoms. The molecule has 5 aromatic rings. The van der Waals surface area contributed by atoms with Crippen LogP contribution in [0, 0.1) is 28.1 Å². The molecule has 16 heteroatoms. The number of rotatable bonds is 22. The van der Waals surface area contributed by atoms with Crippen molar-refractivity contribution in [2.75, 3.05) is 58.5 Å². The summed E-state index contributed by atoms with van der Waals surface area (Å²) in [6.07, 6.45) is 6.78. The summed E-state index contributed by atoms with van der Waals surface area (Å²) in [5.74, 6) is 1.22. The molecule has 1 aliphatic heterocycles. The van der Waals surface area contributed by atoms with Crippen LogP contribution >= 0.6 is 22.9 Å². The zero-order chi connectivity index (χ0) is 51.7. The Morgan fingerprint density at radius 3 is 2.30 bits per heavy atom. The fourth-order valence-electron chi connectivity index (χ4n) is 11.3. The number of carbonyl (C=O) groups is 3. The Morgan fingerprint density at radius 2 is 1.59 bits per heavy atom. The third-order valence-electron chi connectivity index (χ3n) is 15.0. The van der Waals surface area contributed by atoms with Crippen LogP contribution in [0.3, 0.4) is 0 Å². The van der Waals surface area contributed by atoms with Crippen LogP contribution in [0.25, 0.3) is 22.0 Å². The van der Waals surface area contributed by atoms with Gasteiger partial charge in [0.1, 0.15) is 41.3 Å². The van der Waals surface area contributed by atoms with Gasteiger partial charge in [-0.2, -0.15) is 5.26 Å². The van der Waals surface area contributed by atoms with E-state index in [0.29, 0.717) is 68.0 Å². The lowest BCUT2D eigenvalue weighted by molar-refractivity contribution is -0.164. The van der Waals surface area contributed by atoms with Crippen LogP contribution in [0.5, 0.6) is 11.5 Å². The first-order chi connectivity index (χ1) is 35.2. The van der Waals surface area contributed by atoms with Crippen molar-refractivity contribution in [2.24, 2.45) is 16.7 Å². The monoisotopic (exact) mass is 1030 g/mol. The summed E-state index contributed by atoms with van der Waals surface area (Å²) >= 11 is 7.84. The Balaban J connectivity index is 0.750. The van der Waals surface area contributed by atoms with Crippen molar-refractivity contribution in [3.63, 3.8) is 0 Å². The van der Waals surface area contributed by atoms with Crippen LogP contribution in [0.4, 0.5) is 5.69 Å². The number of benzene rings is 4. The number of nitrogens with one attached hydrogen (secondary N) is 4. The van der Waals surface area contributed by atoms with Crippen LogP contribution in [-0.4, -0.2) is 105 Å². The lowest BCUT2D eigenvalue weighted by atomic mass is 9.49. The summed E-state index contributed by atoms with van der Waals surface area (Å²) in [7, 11) is 1.76. The SMILES string of the molecule is CN[C@@H](C)C(=O)NC(C(=O)N1CCC[C@H]1c1nc(-c2ccc(OCCOCCOCCNc3ccc(C(=O)NC4C(C)(C)C(Oc5ccc(C#N)c(Cl)c5)C4(C)C)cc3)c3ccccc23)cs1)C1CCCCC1. The number of nitriles is 1. The van der Waals surface area contributed by atoms with Crippen molar-refractivity contribution in [3.8, 4) is 28.8 Å². The van der Waals surface area contributed by atoms with Gasteiger partial charge in [0.2, 0.25) is 11.8 Å². The van der Waals surface area contributed by atoms with Crippen molar-refractivity contribution < 1.29 is 33.3 Å². The molecule has 3 aliphatic rings. The number of hydrogen-bond donors (Lipinski definition) is 4. The molecule has 3 fully saturated rings. The number of halogens is 1. The fourth-order valence-corrected chi connectivity index (χ4v) is 12.4. The van der Waals surface area contributed by atoms with E-state index in [1.807, 2.05) is 54.3 Å². The topological polar surface area (TPSA) is 176 Å². The highest BCUT2D eigenvalue weighted by Crippen LogP contribution is 2.55. The normalized spacial score (nSPS) is 20.1. The molecular weight excluding hydrogens is 962 g/mol. The minimum atomic E-state index is -0.531. The van der Waals surface area contributed by atoms with E-state index in [-0.39, 0.29) is 58.7 Å². The number of amides is 3. The number of likely N-dealkylation sites (tertiary alicyclic amines) is 1. The lowest BCUT2D eigenvalue weighted by Crippen LogP contribution is -2.74. The molecule has 0 bridgehead atoms. The molecule has 8 rings (SSSR count). The van der Waals surface area contributed by atoms with Crippen molar-refractivity contribution in [3.05, 3.63) is 105 Å². The van der Waals surface area contributed by atoms with E-state index < -0.39 is 6.04 Å². The average molecular weight is 1030 g/mol. The van der Waals surface area contributed by atoms with Gasteiger partial charge in [-0.25, -0.2) is 4.98 Å². The second kappa shape index (κ2) is 24.1. The summed E-state index contributed by atoms with van der Waals surface area (Å²) in [6.45, 7) is 13.5. The summed E-state index contributed by atoms with van der Waals surface area (Å²) in [5, 5.41) is 27.4. The summed E-state index contributed by atoms with van der Waals surface area (Å²) < 4.78 is 24.3. The number of hydrogen-bond acceptors (Lipinski definition) is 12. The number of likely N-dealkylation sites (N-methyl/N-ethyl adjacent to an activating group) is 1. The smallest absolute Gasteiger partial charge is 0.251 e. The van der Waals surface area contributed by atoms with E-state index in [1.165, 1.54) is 6.42 Å². The molecule has 14 nitrogen and oxygen atoms in total. The average Bonchev–Trinajstić information content (AvgIpc) is 4.10. The number of nitrogens with zero attached hydrogens (tertiary/aromatic N) is 3. The third kappa shape index (κ3) is 12.3. The van der Waals surface area contributed by atoms with Crippen molar-refractivity contribution in [1.82, 2.24) is 25.8 Å². The summed E-state index contributed by atoms with van der Waals surface area (Å²) in [6, 6.07) is 25.6. The molecule has 2 heterocycles. The maximum absolute atomic E-state index is 14.3. The van der Waals surface area contributed by atoms with Gasteiger partial charge >= 0.3 is 0 Å². The van der Waals surface area contributed by atoms with Gasteiger partial charge in [0.15, 0.2) is 0 Å². The molecule has 1 aromatic heterocycles. The van der Waals surface area contributed by atoms with Crippen molar-refractivity contribution >= 4 is 57.1 Å². The van der Waals surface area contributed by atoms with Crippen molar-refractivity contribution in [1.29, 1.82) is 5.26 Å². The molecule has 4 N–H and O–H groups in total. The second-order valence-corrected chi connectivity index (χ2v) is 22.0. The summed E-state index contributed by atoms with van der Waals surface area (Å²) in [4.78, 5) is 47.9. The maximum atomic E-state index is 14.3. The number of anilines is 1. The predicted molar refractivity (Wildman–Crippen MR) is 287 cm³/mol. The molecule has 2 saturated carbocycles. The number of aromatic nitrogens is 1. The van der Waals surface area contributed by atoms with Gasteiger partial charge in [-0.1, -0.05) is 82.8 Å². The quantitative estimate of drug-likeness (QED) is 0.0486. The molecule has 1 saturated heterocycles. The second-order valence-electron chi connectivity index (χ2n) is 20.7. The van der Waals surface area contributed by atoms with E-state index >= 15 is 0 Å². The zero-order valence-electron chi connectivity index (χ0n) is 42.9. The predicted octanol–water partition coefficient (Wildman–Crippen LogP) is 9.96. The van der Waals surface area contributed by atoms with Crippen molar-refractivity contribution in [2.45, 2.75) is 110 Å². The van der Waals surface area contributed by atoms with Crippen LogP contribution in [-0.2, 0) is 19.1 Å². The highest BCUT2D eigenvalue weighted by molar-refractivity contribution is 7.10. The van der Waals surface area contributed by atoms with Gasteiger partial charge in [0, 0.05) is 63.6 Å². The van der Waals surface area contributed by atoms with E-state index in [9.17, 15) is 19.6 Å². The first kappa shape index (κ1) is 53.5. The molecule has 2 aliphatic carbocycles. The number of fused-ring (bicyclic) bond motifs is 1. The molecule has 3 amide bonds. The fraction of sp³-hybridized carbons (Fsp3) is 0.491. The largest absolute Gasteiger partial charge is 0.491 e. The molecule has 0 radical (unpaired) electrons. The molecular formula is C57H70ClN7O7S. The van der Waals surface area contributed by atoms with Gasteiger partial charge in [0.25, 0.3) is 5.91 Å². The molecule has 1 unspecified atom stereocenters. The van der Waals surface area contributed by atoms with Gasteiger partial charge in [-0.3, -0.25) is 14.4 Å². The molecule has 3 atom stereocenters. The standard InChI is InChI=1S/C57H70ClN7O7S/c1-36(60-6)50(66)63-49(37-13-8-7-9-14-37)53(68)65-27-12-17-47(65)52-62-46(35-73-52)43-24-25-48(44-16-11-10-15-42(43)44)71-32-31-70-30-29-69-28-26-61-40-21-18-38(19-22-40)51(67)64-54-56(2,3)55(57(54,4)5)72-41-23-20-39(34-59)45(58)33-41/h10-11,15-16,18-25,33,35-37,47,49,54-55,60-61H,7-9,12-14,17,26-32H2,1-6H3,(H,63,66)(H,64,67)/t36-,47-,49?,54?,55?/m0/s1. The first-order valence-electron chi connectivity index (χ1n) is 25.8. The number of carbonyl (C=O) groups excluding carboxylic acids is 3. The minimum Gasteiger partial charge on any atom is -0.491 e. The highest BCUT2D eigenvalue weighted by Gasteiger charge is 2.64. The van der Waals surface area contributed by atoms with E-state index in [1.54, 1.807) is 36.6 Å². The molecule has 388 valence electrons. The van der Waals surface area contributed by atoms with Gasteiger partial charge in [0.05, 0.1) is 54.8 Å². The van der Waals surface area contributed by atoms with E-state index in [2.05, 4.69) is 78.6 Å². The van der Waals surface area contributed by atoms with Crippen LogP contribution in [0.15, 0.2) is 84.2 Å². The van der Waals surface area contributed by atoms with E-state index in [4.69, 9.17) is 35.5 Å². The zero-order valence-corrected chi connectivity index (χ0v) is 44.5. The molecule has 4 aromatic carbocycles. The van der Waals surface area contributed by atoms with Crippen LogP contribution < -0.4 is 30.7 Å². The van der Waals surface area contributed by atoms with E-state index in [0.717, 1.165) is 77.0 Å².